The maximum absolute atomic E-state index is 12.3. The average Bonchev–Trinajstić information content (AvgIpc) is 3.19. The predicted octanol–water partition coefficient (Wildman–Crippen LogP) is 4.56. The number of rotatable bonds is 5. The minimum atomic E-state index is -0.0312. The van der Waals surface area contributed by atoms with E-state index < -0.39 is 0 Å². The van der Waals surface area contributed by atoms with E-state index in [4.69, 9.17) is 11.6 Å². The van der Waals surface area contributed by atoms with Crippen molar-refractivity contribution in [2.45, 2.75) is 13.3 Å². The number of hydrogen-bond acceptors (Lipinski definition) is 3. The average molecular weight is 407 g/mol. The molecule has 2 heterocycles. The van der Waals surface area contributed by atoms with Gasteiger partial charge in [0.05, 0.1) is 18.4 Å². The number of carbonyl (C=O) groups is 1. The molecule has 0 radical (unpaired) electrons. The smallest absolute Gasteiger partial charge is 0.238 e. The van der Waals surface area contributed by atoms with E-state index in [9.17, 15) is 4.79 Å². The standard InChI is InChI=1S/C23H23ClN4O/c1-17-5-7-22(8-6-17)28-15-19(14-25-28)18-9-11-27(12-10-18)16-23(29)26-21-4-2-3-20(24)13-21/h2-9,13-15H,10-12,16H2,1H3,(H,26,29). The highest BCUT2D eigenvalue weighted by Crippen LogP contribution is 2.23. The van der Waals surface area contributed by atoms with Gasteiger partial charge in [0.25, 0.3) is 0 Å². The molecule has 0 unspecified atom stereocenters. The van der Waals surface area contributed by atoms with Gasteiger partial charge in [0.1, 0.15) is 0 Å². The molecule has 0 spiro atoms. The van der Waals surface area contributed by atoms with E-state index >= 15 is 0 Å². The van der Waals surface area contributed by atoms with Gasteiger partial charge in [0.15, 0.2) is 0 Å². The lowest BCUT2D eigenvalue weighted by molar-refractivity contribution is -0.117. The van der Waals surface area contributed by atoms with Gasteiger partial charge in [-0.2, -0.15) is 5.10 Å². The number of aromatic nitrogens is 2. The third-order valence-corrected chi connectivity index (χ3v) is 5.26. The summed E-state index contributed by atoms with van der Waals surface area (Å²) in [6.07, 6.45) is 7.06. The minimum Gasteiger partial charge on any atom is -0.325 e. The summed E-state index contributed by atoms with van der Waals surface area (Å²) in [5.74, 6) is -0.0312. The normalized spacial score (nSPS) is 14.5. The number of benzene rings is 2. The van der Waals surface area contributed by atoms with Crippen molar-refractivity contribution < 1.29 is 4.79 Å². The van der Waals surface area contributed by atoms with Gasteiger partial charge >= 0.3 is 0 Å². The Labute approximate surface area is 175 Å². The van der Waals surface area contributed by atoms with Crippen LogP contribution < -0.4 is 5.32 Å². The van der Waals surface area contributed by atoms with Gasteiger partial charge in [0.2, 0.25) is 5.91 Å². The molecule has 2 aromatic carbocycles. The molecule has 1 aromatic heterocycles. The van der Waals surface area contributed by atoms with E-state index in [1.165, 1.54) is 11.1 Å². The molecule has 148 valence electrons. The van der Waals surface area contributed by atoms with Gasteiger partial charge in [0, 0.05) is 35.6 Å². The number of carbonyl (C=O) groups excluding carboxylic acids is 1. The summed E-state index contributed by atoms with van der Waals surface area (Å²) in [5, 5.41) is 8.01. The van der Waals surface area contributed by atoms with Crippen molar-refractivity contribution in [2.24, 2.45) is 0 Å². The molecular weight excluding hydrogens is 384 g/mol. The van der Waals surface area contributed by atoms with Crippen LogP contribution in [0.25, 0.3) is 11.3 Å². The molecule has 1 amide bonds. The van der Waals surface area contributed by atoms with E-state index in [-0.39, 0.29) is 5.91 Å². The second-order valence-corrected chi connectivity index (χ2v) is 7.72. The Kier molecular flexibility index (Phi) is 5.79. The van der Waals surface area contributed by atoms with Crippen molar-refractivity contribution in [2.75, 3.05) is 25.0 Å². The highest BCUT2D eigenvalue weighted by molar-refractivity contribution is 6.30. The molecule has 3 aromatic rings. The predicted molar refractivity (Wildman–Crippen MR) is 117 cm³/mol. The van der Waals surface area contributed by atoms with E-state index in [0.29, 0.717) is 11.6 Å². The third-order valence-electron chi connectivity index (χ3n) is 5.02. The molecule has 6 heteroatoms. The molecule has 0 fully saturated rings. The Hall–Kier alpha value is -2.89. The first-order chi connectivity index (χ1) is 14.1. The second-order valence-electron chi connectivity index (χ2n) is 7.28. The number of hydrogen-bond donors (Lipinski definition) is 1. The summed E-state index contributed by atoms with van der Waals surface area (Å²) in [6.45, 7) is 4.02. The van der Waals surface area contributed by atoms with Crippen LogP contribution in [0.3, 0.4) is 0 Å². The molecule has 0 bridgehead atoms. The lowest BCUT2D eigenvalue weighted by atomic mass is 10.0. The first-order valence-corrected chi connectivity index (χ1v) is 10.0. The molecular formula is C23H23ClN4O. The van der Waals surface area contributed by atoms with Gasteiger partial charge in [-0.05, 0) is 49.2 Å². The van der Waals surface area contributed by atoms with Crippen LogP contribution >= 0.6 is 11.6 Å². The summed E-state index contributed by atoms with van der Waals surface area (Å²) < 4.78 is 1.90. The lowest BCUT2D eigenvalue weighted by Gasteiger charge is -2.25. The van der Waals surface area contributed by atoms with Gasteiger partial charge in [-0.25, -0.2) is 4.68 Å². The van der Waals surface area contributed by atoms with Crippen LogP contribution in [0.15, 0.2) is 67.0 Å². The summed E-state index contributed by atoms with van der Waals surface area (Å²) in [4.78, 5) is 14.4. The Morgan fingerprint density at radius 3 is 2.76 bits per heavy atom. The lowest BCUT2D eigenvalue weighted by Crippen LogP contribution is -2.36. The molecule has 1 aliphatic rings. The van der Waals surface area contributed by atoms with Crippen LogP contribution in [0.2, 0.25) is 5.02 Å². The number of halogens is 1. The fraction of sp³-hybridized carbons (Fsp3) is 0.217. The van der Waals surface area contributed by atoms with Crippen molar-refractivity contribution in [3.63, 3.8) is 0 Å². The Morgan fingerprint density at radius 1 is 1.21 bits per heavy atom. The van der Waals surface area contributed by atoms with E-state index in [2.05, 4.69) is 58.8 Å². The molecule has 0 atom stereocenters. The number of nitrogens with zero attached hydrogens (tertiary/aromatic N) is 3. The van der Waals surface area contributed by atoms with Crippen molar-refractivity contribution in [3.05, 3.63) is 83.2 Å². The minimum absolute atomic E-state index is 0.0312. The zero-order valence-corrected chi connectivity index (χ0v) is 17.1. The van der Waals surface area contributed by atoms with Crippen molar-refractivity contribution in [3.8, 4) is 5.69 Å². The zero-order valence-electron chi connectivity index (χ0n) is 16.3. The Bertz CT molecular complexity index is 1040. The monoisotopic (exact) mass is 406 g/mol. The maximum atomic E-state index is 12.3. The summed E-state index contributed by atoms with van der Waals surface area (Å²) >= 11 is 5.97. The van der Waals surface area contributed by atoms with Crippen molar-refractivity contribution >= 4 is 28.8 Å². The topological polar surface area (TPSA) is 50.2 Å². The molecule has 4 rings (SSSR count). The van der Waals surface area contributed by atoms with Gasteiger partial charge in [-0.1, -0.05) is 41.4 Å². The van der Waals surface area contributed by atoms with Crippen LogP contribution in [0, 0.1) is 6.92 Å². The highest BCUT2D eigenvalue weighted by atomic mass is 35.5. The van der Waals surface area contributed by atoms with Crippen LogP contribution in [0.5, 0.6) is 0 Å². The molecule has 0 saturated heterocycles. The summed E-state index contributed by atoms with van der Waals surface area (Å²) in [5.41, 5.74) is 5.41. The fourth-order valence-corrected chi connectivity index (χ4v) is 3.60. The van der Waals surface area contributed by atoms with Crippen LogP contribution in [0.4, 0.5) is 5.69 Å². The fourth-order valence-electron chi connectivity index (χ4n) is 3.41. The number of aryl methyl sites for hydroxylation is 1. The largest absolute Gasteiger partial charge is 0.325 e. The molecule has 5 nitrogen and oxygen atoms in total. The maximum Gasteiger partial charge on any atom is 0.238 e. The summed E-state index contributed by atoms with van der Waals surface area (Å²) in [7, 11) is 0. The molecule has 1 N–H and O–H groups in total. The van der Waals surface area contributed by atoms with E-state index in [0.717, 1.165) is 36.4 Å². The van der Waals surface area contributed by atoms with Crippen molar-refractivity contribution in [1.29, 1.82) is 0 Å². The van der Waals surface area contributed by atoms with Gasteiger partial charge in [-0.15, -0.1) is 0 Å². The SMILES string of the molecule is Cc1ccc(-n2cc(C3=CCN(CC(=O)Nc4cccc(Cl)c4)CC3)cn2)cc1. The number of amides is 1. The second kappa shape index (κ2) is 8.64. The molecule has 0 saturated carbocycles. The van der Waals surface area contributed by atoms with Gasteiger partial charge in [-0.3, -0.25) is 9.69 Å². The first kappa shape index (κ1) is 19.4. The quantitative estimate of drug-likeness (QED) is 0.675. The molecule has 29 heavy (non-hydrogen) atoms. The highest BCUT2D eigenvalue weighted by Gasteiger charge is 2.17. The summed E-state index contributed by atoms with van der Waals surface area (Å²) in [6, 6.07) is 15.5. The van der Waals surface area contributed by atoms with E-state index in [1.807, 2.05) is 23.0 Å². The first-order valence-electron chi connectivity index (χ1n) is 9.66. The zero-order chi connectivity index (χ0) is 20.2. The van der Waals surface area contributed by atoms with Crippen LogP contribution in [-0.2, 0) is 4.79 Å². The number of nitrogens with one attached hydrogen (secondary N) is 1. The van der Waals surface area contributed by atoms with Crippen LogP contribution in [0.1, 0.15) is 17.5 Å². The van der Waals surface area contributed by atoms with Crippen molar-refractivity contribution in [1.82, 2.24) is 14.7 Å². The van der Waals surface area contributed by atoms with Crippen LogP contribution in [-0.4, -0.2) is 40.2 Å². The molecule has 1 aliphatic heterocycles. The van der Waals surface area contributed by atoms with Gasteiger partial charge < -0.3 is 5.32 Å². The Morgan fingerprint density at radius 2 is 2.03 bits per heavy atom. The third kappa shape index (κ3) is 4.94. The number of anilines is 1. The Balaban J connectivity index is 1.35. The van der Waals surface area contributed by atoms with E-state index in [1.54, 1.807) is 12.1 Å². The molecule has 0 aliphatic carbocycles.